The summed E-state index contributed by atoms with van der Waals surface area (Å²) >= 11 is 0. The first-order valence-corrected chi connectivity index (χ1v) is 3.59. The molecule has 0 amide bonds. The Hall–Kier alpha value is 0. The summed E-state index contributed by atoms with van der Waals surface area (Å²) in [6, 6.07) is 0. The maximum Gasteiger partial charge on any atom is -0.0238 e. The van der Waals surface area contributed by atoms with Crippen LogP contribution in [0.3, 0.4) is 0 Å². The van der Waals surface area contributed by atoms with E-state index in [4.69, 9.17) is 0 Å². The van der Waals surface area contributed by atoms with E-state index < -0.39 is 0 Å². The first-order chi connectivity index (χ1) is 3.59. The topological polar surface area (TPSA) is 0 Å². The van der Waals surface area contributed by atoms with Gasteiger partial charge in [0, 0.05) is 0 Å². The first-order valence-electron chi connectivity index (χ1n) is 3.59. The van der Waals surface area contributed by atoms with E-state index in [-0.39, 0.29) is 0 Å². The van der Waals surface area contributed by atoms with Crippen molar-refractivity contribution in [1.29, 1.82) is 0 Å². The van der Waals surface area contributed by atoms with Crippen LogP contribution in [0.4, 0.5) is 0 Å². The van der Waals surface area contributed by atoms with Crippen molar-refractivity contribution >= 4 is 0 Å². The lowest BCUT2D eigenvalue weighted by Crippen LogP contribution is -2.09. The maximum atomic E-state index is 2.43. The zero-order valence-electron chi connectivity index (χ0n) is 5.99. The molecule has 0 aliphatic heterocycles. The summed E-state index contributed by atoms with van der Waals surface area (Å²) in [5.41, 5.74) is 1.50. The van der Waals surface area contributed by atoms with Gasteiger partial charge in [0.05, 0.1) is 0 Å². The van der Waals surface area contributed by atoms with Crippen LogP contribution in [0.15, 0.2) is 0 Å². The van der Waals surface area contributed by atoms with Crippen molar-refractivity contribution in [1.82, 2.24) is 0 Å². The molecule has 2 saturated carbocycles. The molecule has 2 aliphatic carbocycles. The summed E-state index contributed by atoms with van der Waals surface area (Å²) in [6.45, 7) is 7.25. The van der Waals surface area contributed by atoms with Gasteiger partial charge in [0.15, 0.2) is 0 Å². The summed E-state index contributed by atoms with van der Waals surface area (Å²) in [7, 11) is 0. The van der Waals surface area contributed by atoms with Gasteiger partial charge in [-0.3, -0.25) is 0 Å². The average Bonchev–Trinajstić information content (AvgIpc) is 1.80. The lowest BCUT2D eigenvalue weighted by molar-refractivity contribution is 0.312. The third-order valence-electron chi connectivity index (χ3n) is 3.98. The Labute approximate surface area is 51.3 Å². The fourth-order valence-electron chi connectivity index (χ4n) is 2.60. The van der Waals surface area contributed by atoms with Crippen molar-refractivity contribution in [2.75, 3.05) is 0 Å². The lowest BCUT2D eigenvalue weighted by Gasteiger charge is -2.19. The van der Waals surface area contributed by atoms with Gasteiger partial charge in [-0.15, -0.1) is 0 Å². The van der Waals surface area contributed by atoms with E-state index in [0.29, 0.717) is 5.41 Å². The van der Waals surface area contributed by atoms with E-state index in [1.807, 2.05) is 0 Å². The van der Waals surface area contributed by atoms with Crippen molar-refractivity contribution in [3.63, 3.8) is 0 Å². The second-order valence-corrected chi connectivity index (χ2v) is 4.23. The summed E-state index contributed by atoms with van der Waals surface area (Å²) in [6.07, 6.45) is 2.99. The Bertz CT molecular complexity index is 125. The third kappa shape index (κ3) is 0.240. The zero-order chi connectivity index (χ0) is 5.99. The van der Waals surface area contributed by atoms with Gasteiger partial charge in [-0.1, -0.05) is 20.8 Å². The van der Waals surface area contributed by atoms with Crippen molar-refractivity contribution in [2.24, 2.45) is 16.7 Å². The highest BCUT2D eigenvalue weighted by Gasteiger charge is 2.72. The molecule has 0 N–H and O–H groups in total. The maximum absolute atomic E-state index is 2.43. The van der Waals surface area contributed by atoms with Gasteiger partial charge >= 0.3 is 0 Å². The Morgan fingerprint density at radius 1 is 1.25 bits per heavy atom. The molecule has 0 heteroatoms. The predicted octanol–water partition coefficient (Wildman–Crippen LogP) is 2.44. The van der Waals surface area contributed by atoms with E-state index in [9.17, 15) is 0 Å². The molecule has 0 saturated heterocycles. The normalized spacial score (nSPS) is 56.6. The van der Waals surface area contributed by atoms with Crippen LogP contribution in [0, 0.1) is 16.7 Å². The highest BCUT2D eigenvalue weighted by Crippen LogP contribution is 2.79. The second kappa shape index (κ2) is 0.872. The Kier molecular flexibility index (Phi) is 0.527. The van der Waals surface area contributed by atoms with Crippen molar-refractivity contribution in [2.45, 2.75) is 33.6 Å². The minimum absolute atomic E-state index is 0.715. The molecule has 0 aromatic rings. The average molecular weight is 110 g/mol. The molecular weight excluding hydrogens is 96.1 g/mol. The van der Waals surface area contributed by atoms with Crippen LogP contribution in [0.25, 0.3) is 0 Å². The highest BCUT2D eigenvalue weighted by molar-refractivity contribution is 5.21. The smallest absolute Gasteiger partial charge is 0.0238 e. The molecule has 0 aromatic carbocycles. The van der Waals surface area contributed by atoms with Crippen LogP contribution in [-0.4, -0.2) is 0 Å². The largest absolute Gasteiger partial charge is 0.0591 e. The minimum atomic E-state index is 0.715. The minimum Gasteiger partial charge on any atom is -0.0591 e. The second-order valence-electron chi connectivity index (χ2n) is 4.23. The van der Waals surface area contributed by atoms with Gasteiger partial charge in [0.1, 0.15) is 0 Å². The summed E-state index contributed by atoms with van der Waals surface area (Å²) in [5.74, 6) is 1.09. The van der Waals surface area contributed by atoms with Crippen LogP contribution in [0.2, 0.25) is 0 Å². The van der Waals surface area contributed by atoms with Gasteiger partial charge in [-0.25, -0.2) is 0 Å². The molecule has 2 atom stereocenters. The Morgan fingerprint density at radius 2 is 1.75 bits per heavy atom. The first kappa shape index (κ1) is 4.84. The van der Waals surface area contributed by atoms with E-state index in [2.05, 4.69) is 20.8 Å². The molecular formula is C8H14. The van der Waals surface area contributed by atoms with E-state index >= 15 is 0 Å². The van der Waals surface area contributed by atoms with E-state index in [1.165, 1.54) is 12.8 Å². The number of hydrogen-bond donors (Lipinski definition) is 0. The molecule has 0 spiro atoms. The van der Waals surface area contributed by atoms with E-state index in [0.717, 1.165) is 11.3 Å². The number of rotatable bonds is 0. The molecule has 2 unspecified atom stereocenters. The van der Waals surface area contributed by atoms with Gasteiger partial charge in [0.2, 0.25) is 0 Å². The zero-order valence-corrected chi connectivity index (χ0v) is 5.99. The molecule has 0 radical (unpaired) electrons. The lowest BCUT2D eigenvalue weighted by atomic mass is 9.86. The van der Waals surface area contributed by atoms with Crippen LogP contribution >= 0.6 is 0 Å². The Morgan fingerprint density at radius 3 is 1.75 bits per heavy atom. The van der Waals surface area contributed by atoms with Crippen molar-refractivity contribution < 1.29 is 0 Å². The quantitative estimate of drug-likeness (QED) is 0.449. The molecule has 0 heterocycles. The molecule has 2 fully saturated rings. The van der Waals surface area contributed by atoms with Gasteiger partial charge in [-0.05, 0) is 29.6 Å². The molecule has 46 valence electrons. The van der Waals surface area contributed by atoms with Crippen LogP contribution in [0.5, 0.6) is 0 Å². The van der Waals surface area contributed by atoms with Crippen molar-refractivity contribution in [3.05, 3.63) is 0 Å². The molecule has 2 rings (SSSR count). The van der Waals surface area contributed by atoms with Crippen molar-refractivity contribution in [3.8, 4) is 0 Å². The monoisotopic (exact) mass is 110 g/mol. The highest BCUT2D eigenvalue weighted by atomic mass is 14.8. The SMILES string of the molecule is CC1(C)C2CCC21C. The standard InChI is InChI=1S/C8H14/c1-7(2)6-4-5-8(6,7)3/h6H,4-5H2,1-3H3. The fourth-order valence-corrected chi connectivity index (χ4v) is 2.60. The van der Waals surface area contributed by atoms with E-state index in [1.54, 1.807) is 0 Å². The van der Waals surface area contributed by atoms with Crippen LogP contribution in [0.1, 0.15) is 33.6 Å². The molecule has 2 aliphatic rings. The van der Waals surface area contributed by atoms with Gasteiger partial charge < -0.3 is 0 Å². The van der Waals surface area contributed by atoms with Crippen LogP contribution < -0.4 is 0 Å². The predicted molar refractivity (Wildman–Crippen MR) is 34.6 cm³/mol. The molecule has 8 heavy (non-hydrogen) atoms. The fraction of sp³-hybridized carbons (Fsp3) is 1.00. The molecule has 0 nitrogen and oxygen atoms in total. The summed E-state index contributed by atoms with van der Waals surface area (Å²) in [5, 5.41) is 0. The number of hydrogen-bond acceptors (Lipinski definition) is 0. The van der Waals surface area contributed by atoms with Crippen LogP contribution in [-0.2, 0) is 0 Å². The third-order valence-corrected chi connectivity index (χ3v) is 3.98. The van der Waals surface area contributed by atoms with Gasteiger partial charge in [0.25, 0.3) is 0 Å². The number of fused-ring (bicyclic) bond motifs is 1. The summed E-state index contributed by atoms with van der Waals surface area (Å²) in [4.78, 5) is 0. The molecule has 0 bridgehead atoms. The molecule has 0 aromatic heterocycles. The van der Waals surface area contributed by atoms with Gasteiger partial charge in [-0.2, -0.15) is 0 Å². The Balaban J connectivity index is 2.28. The summed E-state index contributed by atoms with van der Waals surface area (Å²) < 4.78 is 0.